The van der Waals surface area contributed by atoms with Gasteiger partial charge in [-0.05, 0) is 70.8 Å². The summed E-state index contributed by atoms with van der Waals surface area (Å²) in [5.41, 5.74) is 5.50. The zero-order chi connectivity index (χ0) is 23.5. The summed E-state index contributed by atoms with van der Waals surface area (Å²) >= 11 is 0. The second kappa shape index (κ2) is 26.1. The lowest BCUT2D eigenvalue weighted by Gasteiger charge is -2.18. The Morgan fingerprint density at radius 3 is 1.81 bits per heavy atom. The molecule has 0 aromatic heterocycles. The van der Waals surface area contributed by atoms with E-state index in [-0.39, 0.29) is 12.3 Å². The van der Waals surface area contributed by atoms with Gasteiger partial charge in [0.2, 0.25) is 0 Å². The van der Waals surface area contributed by atoms with Gasteiger partial charge in [-0.2, -0.15) is 0 Å². The predicted octanol–water partition coefficient (Wildman–Crippen LogP) is 6.85. The van der Waals surface area contributed by atoms with Crippen LogP contribution in [0.15, 0.2) is 24.3 Å². The number of hydrogen-bond acceptors (Lipinski definition) is 5. The molecule has 0 atom stereocenters. The number of carbonyl (C=O) groups is 1. The minimum atomic E-state index is -0.323. The van der Waals surface area contributed by atoms with E-state index in [1.54, 1.807) is 0 Å². The zero-order valence-corrected chi connectivity index (χ0v) is 21.0. The Bertz CT molecular complexity index is 427. The third-order valence-electron chi connectivity index (χ3n) is 5.14. The Kier molecular flexibility index (Phi) is 25.1. The lowest BCUT2D eigenvalue weighted by Crippen LogP contribution is -2.21. The van der Waals surface area contributed by atoms with Crippen LogP contribution in [0.25, 0.3) is 0 Å². The molecule has 32 heavy (non-hydrogen) atoms. The van der Waals surface area contributed by atoms with Crippen molar-refractivity contribution in [3.05, 3.63) is 24.3 Å². The van der Waals surface area contributed by atoms with E-state index >= 15 is 0 Å². The second-order valence-electron chi connectivity index (χ2n) is 8.24. The summed E-state index contributed by atoms with van der Waals surface area (Å²) in [6.45, 7) is 6.89. The number of hydrogen-bond donors (Lipinski definition) is 1. The first kappa shape index (κ1) is 30.8. The van der Waals surface area contributed by atoms with Crippen LogP contribution in [-0.4, -0.2) is 38.6 Å². The van der Waals surface area contributed by atoms with Gasteiger partial charge in [-0.25, -0.2) is 0 Å². The van der Waals surface area contributed by atoms with E-state index in [4.69, 9.17) is 19.9 Å². The Morgan fingerprint density at radius 1 is 0.719 bits per heavy atom. The number of allylic oxidation sites excluding steroid dienone is 4. The van der Waals surface area contributed by atoms with Gasteiger partial charge in [-0.15, -0.1) is 0 Å². The molecule has 0 aliphatic rings. The standard InChI is InChI=1S/C27H51NO4/c1-3-5-7-9-13-18-24-31-27(32-25-19-14-10-8-6-4-2)21-20-26(29)30-23-17-15-11-12-16-22-28/h5-8,27H,3-4,9-25,28H2,1-2H3/b7-5-,8-6-. The maximum Gasteiger partial charge on any atom is 0.305 e. The van der Waals surface area contributed by atoms with Crippen molar-refractivity contribution < 1.29 is 19.0 Å². The zero-order valence-electron chi connectivity index (χ0n) is 21.0. The van der Waals surface area contributed by atoms with Crippen molar-refractivity contribution in [3.63, 3.8) is 0 Å². The lowest BCUT2D eigenvalue weighted by atomic mass is 10.1. The molecular weight excluding hydrogens is 402 g/mol. The first-order chi connectivity index (χ1) is 15.7. The van der Waals surface area contributed by atoms with Crippen molar-refractivity contribution in [3.8, 4) is 0 Å². The number of ether oxygens (including phenoxy) is 3. The van der Waals surface area contributed by atoms with Gasteiger partial charge in [-0.1, -0.05) is 57.4 Å². The lowest BCUT2D eigenvalue weighted by molar-refractivity contribution is -0.159. The number of esters is 1. The molecule has 0 aromatic rings. The van der Waals surface area contributed by atoms with E-state index in [2.05, 4.69) is 38.2 Å². The largest absolute Gasteiger partial charge is 0.466 e. The molecule has 0 aliphatic heterocycles. The molecule has 0 heterocycles. The Morgan fingerprint density at radius 2 is 1.25 bits per heavy atom. The van der Waals surface area contributed by atoms with E-state index in [0.29, 0.717) is 32.7 Å². The van der Waals surface area contributed by atoms with Gasteiger partial charge < -0.3 is 19.9 Å². The second-order valence-corrected chi connectivity index (χ2v) is 8.24. The van der Waals surface area contributed by atoms with E-state index in [9.17, 15) is 4.79 Å². The van der Waals surface area contributed by atoms with Gasteiger partial charge in [0.05, 0.1) is 13.0 Å². The van der Waals surface area contributed by atoms with Crippen molar-refractivity contribution >= 4 is 5.97 Å². The molecule has 0 fully saturated rings. The van der Waals surface area contributed by atoms with Crippen LogP contribution in [0.2, 0.25) is 0 Å². The fourth-order valence-corrected chi connectivity index (χ4v) is 3.21. The van der Waals surface area contributed by atoms with E-state index in [1.165, 1.54) is 0 Å². The molecule has 188 valence electrons. The molecule has 0 bridgehead atoms. The maximum atomic E-state index is 12.1. The Balaban J connectivity index is 4.05. The van der Waals surface area contributed by atoms with Crippen LogP contribution in [0.1, 0.15) is 110 Å². The summed E-state index contributed by atoms with van der Waals surface area (Å²) in [7, 11) is 0. The smallest absolute Gasteiger partial charge is 0.305 e. The molecule has 0 spiro atoms. The van der Waals surface area contributed by atoms with Gasteiger partial charge in [-0.3, -0.25) is 4.79 Å². The van der Waals surface area contributed by atoms with Gasteiger partial charge in [0.15, 0.2) is 6.29 Å². The summed E-state index contributed by atoms with van der Waals surface area (Å²) in [5.74, 6) is -0.154. The third kappa shape index (κ3) is 23.5. The molecule has 5 heteroatoms. The fraction of sp³-hybridized carbons (Fsp3) is 0.815. The molecule has 0 rings (SSSR count). The van der Waals surface area contributed by atoms with Crippen LogP contribution in [0.4, 0.5) is 0 Å². The molecule has 0 unspecified atom stereocenters. The summed E-state index contributed by atoms with van der Waals surface area (Å²) < 4.78 is 17.3. The minimum absolute atomic E-state index is 0.154. The molecule has 0 saturated carbocycles. The van der Waals surface area contributed by atoms with Crippen LogP contribution in [0, 0.1) is 0 Å². The van der Waals surface area contributed by atoms with Crippen molar-refractivity contribution in [1.29, 1.82) is 0 Å². The quantitative estimate of drug-likeness (QED) is 0.0748. The van der Waals surface area contributed by atoms with Crippen LogP contribution < -0.4 is 5.73 Å². The molecule has 0 aliphatic carbocycles. The maximum absolute atomic E-state index is 12.1. The molecule has 5 nitrogen and oxygen atoms in total. The van der Waals surface area contributed by atoms with E-state index in [1.807, 2.05) is 0 Å². The highest BCUT2D eigenvalue weighted by atomic mass is 16.7. The van der Waals surface area contributed by atoms with Crippen molar-refractivity contribution in [2.75, 3.05) is 26.4 Å². The number of unbranched alkanes of at least 4 members (excludes halogenated alkanes) is 8. The Hall–Kier alpha value is -1.17. The topological polar surface area (TPSA) is 70.8 Å². The summed E-state index contributed by atoms with van der Waals surface area (Å²) in [4.78, 5) is 12.1. The molecular formula is C27H51NO4. The molecule has 0 saturated heterocycles. The van der Waals surface area contributed by atoms with Crippen LogP contribution >= 0.6 is 0 Å². The summed E-state index contributed by atoms with van der Waals surface area (Å²) in [5, 5.41) is 0. The highest BCUT2D eigenvalue weighted by molar-refractivity contribution is 5.69. The molecule has 2 N–H and O–H groups in total. The van der Waals surface area contributed by atoms with Crippen molar-refractivity contribution in [2.24, 2.45) is 5.73 Å². The van der Waals surface area contributed by atoms with Gasteiger partial charge in [0.25, 0.3) is 0 Å². The average Bonchev–Trinajstić information content (AvgIpc) is 2.80. The predicted molar refractivity (Wildman–Crippen MR) is 135 cm³/mol. The number of carbonyl (C=O) groups excluding carboxylic acids is 1. The highest BCUT2D eigenvalue weighted by Gasteiger charge is 2.13. The first-order valence-electron chi connectivity index (χ1n) is 13.1. The van der Waals surface area contributed by atoms with Gasteiger partial charge in [0, 0.05) is 19.6 Å². The first-order valence-corrected chi connectivity index (χ1v) is 13.1. The molecule has 0 radical (unpaired) electrons. The third-order valence-corrected chi connectivity index (χ3v) is 5.14. The van der Waals surface area contributed by atoms with Crippen LogP contribution in [0.3, 0.4) is 0 Å². The van der Waals surface area contributed by atoms with Crippen LogP contribution in [0.5, 0.6) is 0 Å². The Labute approximate surface area is 198 Å². The fourth-order valence-electron chi connectivity index (χ4n) is 3.21. The summed E-state index contributed by atoms with van der Waals surface area (Å²) in [6.07, 6.45) is 23.4. The molecule has 0 aromatic carbocycles. The highest BCUT2D eigenvalue weighted by Crippen LogP contribution is 2.10. The number of rotatable bonds is 24. The van der Waals surface area contributed by atoms with Crippen molar-refractivity contribution in [2.45, 2.75) is 116 Å². The van der Waals surface area contributed by atoms with E-state index < -0.39 is 0 Å². The van der Waals surface area contributed by atoms with Crippen LogP contribution in [-0.2, 0) is 19.0 Å². The summed E-state index contributed by atoms with van der Waals surface area (Å²) in [6, 6.07) is 0. The molecule has 0 amide bonds. The van der Waals surface area contributed by atoms with E-state index in [0.717, 1.165) is 90.0 Å². The van der Waals surface area contributed by atoms with Gasteiger partial charge >= 0.3 is 5.97 Å². The number of nitrogens with two attached hydrogens (primary N) is 1. The monoisotopic (exact) mass is 453 g/mol. The van der Waals surface area contributed by atoms with Gasteiger partial charge in [0.1, 0.15) is 0 Å². The minimum Gasteiger partial charge on any atom is -0.466 e. The van der Waals surface area contributed by atoms with Crippen molar-refractivity contribution in [1.82, 2.24) is 0 Å². The average molecular weight is 454 g/mol. The normalized spacial score (nSPS) is 11.9. The SMILES string of the molecule is CC/C=C\CCCCOC(CCC(=O)OCCCCCCCN)OCCCC/C=C\CC.